The lowest BCUT2D eigenvalue weighted by molar-refractivity contribution is -0.116. The van der Waals surface area contributed by atoms with Crippen LogP contribution < -0.4 is 5.32 Å². The van der Waals surface area contributed by atoms with Gasteiger partial charge in [-0.25, -0.2) is 0 Å². The van der Waals surface area contributed by atoms with Crippen LogP contribution in [0.5, 0.6) is 0 Å². The minimum atomic E-state index is 0.00271. The van der Waals surface area contributed by atoms with Gasteiger partial charge in [-0.2, -0.15) is 5.10 Å². The number of nitrogens with zero attached hydrogens (tertiary/aromatic N) is 1. The number of hydrogen-bond acceptors (Lipinski definition) is 2. The maximum Gasteiger partial charge on any atom is 0.225 e. The Labute approximate surface area is 106 Å². The fourth-order valence-corrected chi connectivity index (χ4v) is 1.69. The first-order valence-corrected chi connectivity index (χ1v) is 6.00. The van der Waals surface area contributed by atoms with E-state index in [9.17, 15) is 4.79 Å². The Morgan fingerprint density at radius 3 is 2.61 bits per heavy atom. The van der Waals surface area contributed by atoms with Gasteiger partial charge in [-0.1, -0.05) is 29.8 Å². The number of aryl methyl sites for hydroxylation is 3. The molecule has 2 rings (SSSR count). The number of aromatic nitrogens is 2. The summed E-state index contributed by atoms with van der Waals surface area (Å²) >= 11 is 0. The summed E-state index contributed by atoms with van der Waals surface area (Å²) in [5, 5.41) is 9.44. The molecule has 0 fully saturated rings. The summed E-state index contributed by atoms with van der Waals surface area (Å²) in [5.41, 5.74) is 3.35. The lowest BCUT2D eigenvalue weighted by Gasteiger charge is -2.04. The van der Waals surface area contributed by atoms with E-state index >= 15 is 0 Å². The van der Waals surface area contributed by atoms with Gasteiger partial charge in [-0.15, -0.1) is 0 Å². The smallest absolute Gasteiger partial charge is 0.225 e. The first-order chi connectivity index (χ1) is 8.65. The number of amides is 1. The topological polar surface area (TPSA) is 57.8 Å². The molecular weight excluding hydrogens is 226 g/mol. The highest BCUT2D eigenvalue weighted by Gasteiger charge is 2.06. The zero-order valence-corrected chi connectivity index (χ0v) is 10.7. The molecule has 0 aliphatic heterocycles. The number of anilines is 1. The number of benzene rings is 1. The van der Waals surface area contributed by atoms with E-state index in [1.165, 1.54) is 11.1 Å². The molecule has 1 aromatic heterocycles. The summed E-state index contributed by atoms with van der Waals surface area (Å²) in [5.74, 6) is 0.687. The molecule has 0 aliphatic rings. The van der Waals surface area contributed by atoms with Crippen molar-refractivity contribution in [2.24, 2.45) is 0 Å². The summed E-state index contributed by atoms with van der Waals surface area (Å²) in [6.07, 6.45) is 2.91. The zero-order valence-electron chi connectivity index (χ0n) is 10.7. The van der Waals surface area contributed by atoms with E-state index in [0.29, 0.717) is 12.2 Å². The average molecular weight is 243 g/mol. The lowest BCUT2D eigenvalue weighted by Crippen LogP contribution is -2.13. The number of aromatic amines is 1. The van der Waals surface area contributed by atoms with Crippen molar-refractivity contribution in [3.63, 3.8) is 0 Å². The minimum Gasteiger partial charge on any atom is -0.311 e. The molecule has 2 aromatic rings. The Hall–Kier alpha value is -2.10. The van der Waals surface area contributed by atoms with Gasteiger partial charge in [-0.3, -0.25) is 9.89 Å². The number of carbonyl (C=O) groups excluding carboxylic acids is 1. The highest BCUT2D eigenvalue weighted by molar-refractivity contribution is 5.90. The van der Waals surface area contributed by atoms with E-state index in [1.807, 2.05) is 6.92 Å². The third-order valence-electron chi connectivity index (χ3n) is 2.85. The molecule has 0 unspecified atom stereocenters. The maximum atomic E-state index is 11.7. The number of hydrogen-bond donors (Lipinski definition) is 2. The molecule has 4 heteroatoms. The van der Waals surface area contributed by atoms with Crippen molar-refractivity contribution in [2.75, 3.05) is 5.32 Å². The second kappa shape index (κ2) is 5.49. The SMILES string of the molecule is Cc1ccc(CCC(=O)Nc2[nH]ncc2C)cc1. The van der Waals surface area contributed by atoms with Crippen molar-refractivity contribution in [1.82, 2.24) is 10.2 Å². The first kappa shape index (κ1) is 12.4. The fraction of sp³-hybridized carbons (Fsp3) is 0.286. The Balaban J connectivity index is 1.85. The van der Waals surface area contributed by atoms with Gasteiger partial charge in [-0.05, 0) is 25.8 Å². The normalized spacial score (nSPS) is 10.3. The predicted octanol–water partition coefficient (Wildman–Crippen LogP) is 2.60. The minimum absolute atomic E-state index is 0.00271. The number of nitrogens with one attached hydrogen (secondary N) is 2. The first-order valence-electron chi connectivity index (χ1n) is 6.00. The Morgan fingerprint density at radius 1 is 1.28 bits per heavy atom. The van der Waals surface area contributed by atoms with Gasteiger partial charge >= 0.3 is 0 Å². The van der Waals surface area contributed by atoms with Crippen LogP contribution in [0.1, 0.15) is 23.1 Å². The highest BCUT2D eigenvalue weighted by Crippen LogP contribution is 2.10. The van der Waals surface area contributed by atoms with Crippen molar-refractivity contribution in [3.8, 4) is 0 Å². The Bertz CT molecular complexity index is 528. The van der Waals surface area contributed by atoms with Crippen LogP contribution in [0.25, 0.3) is 0 Å². The third kappa shape index (κ3) is 3.20. The van der Waals surface area contributed by atoms with E-state index in [1.54, 1.807) is 6.20 Å². The second-order valence-corrected chi connectivity index (χ2v) is 4.46. The molecule has 0 atom stereocenters. The summed E-state index contributed by atoms with van der Waals surface area (Å²) in [6.45, 7) is 3.95. The molecule has 0 radical (unpaired) electrons. The Kier molecular flexibility index (Phi) is 3.77. The van der Waals surface area contributed by atoms with E-state index < -0.39 is 0 Å². The maximum absolute atomic E-state index is 11.7. The van der Waals surface area contributed by atoms with Crippen LogP contribution >= 0.6 is 0 Å². The molecule has 1 aromatic carbocycles. The van der Waals surface area contributed by atoms with Crippen molar-refractivity contribution in [3.05, 3.63) is 47.2 Å². The van der Waals surface area contributed by atoms with E-state index in [4.69, 9.17) is 0 Å². The predicted molar refractivity (Wildman–Crippen MR) is 71.5 cm³/mol. The van der Waals surface area contributed by atoms with Gasteiger partial charge in [0.1, 0.15) is 5.82 Å². The second-order valence-electron chi connectivity index (χ2n) is 4.46. The molecular formula is C14H17N3O. The molecule has 0 aliphatic carbocycles. The van der Waals surface area contributed by atoms with Gasteiger partial charge < -0.3 is 5.32 Å². The standard InChI is InChI=1S/C14H17N3O/c1-10-3-5-12(6-4-10)7-8-13(18)16-14-11(2)9-15-17-14/h3-6,9H,7-8H2,1-2H3,(H2,15,16,17,18). The van der Waals surface area contributed by atoms with Crippen LogP contribution in [0.15, 0.2) is 30.5 Å². The van der Waals surface area contributed by atoms with Crippen LogP contribution in [0.3, 0.4) is 0 Å². The fourth-order valence-electron chi connectivity index (χ4n) is 1.69. The molecule has 0 saturated carbocycles. The van der Waals surface area contributed by atoms with Crippen LogP contribution in [0, 0.1) is 13.8 Å². The van der Waals surface area contributed by atoms with Crippen molar-refractivity contribution in [1.29, 1.82) is 0 Å². The van der Waals surface area contributed by atoms with Crippen LogP contribution in [0.4, 0.5) is 5.82 Å². The van der Waals surface area contributed by atoms with E-state index in [0.717, 1.165) is 12.0 Å². The molecule has 1 amide bonds. The molecule has 0 bridgehead atoms. The monoisotopic (exact) mass is 243 g/mol. The Morgan fingerprint density at radius 2 is 2.00 bits per heavy atom. The van der Waals surface area contributed by atoms with Crippen molar-refractivity contribution < 1.29 is 4.79 Å². The third-order valence-corrected chi connectivity index (χ3v) is 2.85. The van der Waals surface area contributed by atoms with Gasteiger partial charge in [0, 0.05) is 12.0 Å². The average Bonchev–Trinajstić information content (AvgIpc) is 2.74. The highest BCUT2D eigenvalue weighted by atomic mass is 16.1. The number of H-pyrrole nitrogens is 1. The van der Waals surface area contributed by atoms with E-state index in [-0.39, 0.29) is 5.91 Å². The largest absolute Gasteiger partial charge is 0.311 e. The number of carbonyl (C=O) groups is 1. The van der Waals surface area contributed by atoms with Crippen LogP contribution in [0.2, 0.25) is 0 Å². The van der Waals surface area contributed by atoms with Crippen LogP contribution in [-0.4, -0.2) is 16.1 Å². The van der Waals surface area contributed by atoms with Gasteiger partial charge in [0.2, 0.25) is 5.91 Å². The summed E-state index contributed by atoms with van der Waals surface area (Å²) in [7, 11) is 0. The summed E-state index contributed by atoms with van der Waals surface area (Å²) in [6, 6.07) is 8.24. The molecule has 2 N–H and O–H groups in total. The van der Waals surface area contributed by atoms with Crippen molar-refractivity contribution in [2.45, 2.75) is 26.7 Å². The van der Waals surface area contributed by atoms with Gasteiger partial charge in [0.15, 0.2) is 0 Å². The quantitative estimate of drug-likeness (QED) is 0.867. The van der Waals surface area contributed by atoms with Crippen LogP contribution in [-0.2, 0) is 11.2 Å². The molecule has 0 spiro atoms. The molecule has 94 valence electrons. The van der Waals surface area contributed by atoms with Gasteiger partial charge in [0.25, 0.3) is 0 Å². The molecule has 0 saturated heterocycles. The molecule has 18 heavy (non-hydrogen) atoms. The zero-order chi connectivity index (χ0) is 13.0. The summed E-state index contributed by atoms with van der Waals surface area (Å²) in [4.78, 5) is 11.7. The summed E-state index contributed by atoms with van der Waals surface area (Å²) < 4.78 is 0. The van der Waals surface area contributed by atoms with E-state index in [2.05, 4.69) is 46.7 Å². The molecule has 4 nitrogen and oxygen atoms in total. The number of rotatable bonds is 4. The lowest BCUT2D eigenvalue weighted by atomic mass is 10.1. The molecule has 1 heterocycles. The van der Waals surface area contributed by atoms with Gasteiger partial charge in [0.05, 0.1) is 6.20 Å². The van der Waals surface area contributed by atoms with Crippen molar-refractivity contribution >= 4 is 11.7 Å².